The number of carbonyl (C=O) groups excluding carboxylic acids is 1. The van der Waals surface area contributed by atoms with E-state index in [0.29, 0.717) is 11.6 Å². The van der Waals surface area contributed by atoms with E-state index in [1.54, 1.807) is 6.20 Å². The quantitative estimate of drug-likeness (QED) is 0.780. The summed E-state index contributed by atoms with van der Waals surface area (Å²) in [4.78, 5) is 20.6. The number of rotatable bonds is 5. The number of thiazole rings is 1. The molecule has 3 aromatic rings. The molecular weight excluding hydrogens is 294 g/mol. The third-order valence-corrected chi connectivity index (χ3v) is 3.92. The van der Waals surface area contributed by atoms with E-state index in [0.717, 1.165) is 23.4 Å². The lowest BCUT2D eigenvalue weighted by molar-refractivity contribution is -0.116. The topological polar surface area (TPSA) is 54.9 Å². The average Bonchev–Trinajstić information content (AvgIpc) is 3.03. The van der Waals surface area contributed by atoms with Crippen molar-refractivity contribution in [1.29, 1.82) is 0 Å². The smallest absolute Gasteiger partial charge is 0.226 e. The van der Waals surface area contributed by atoms with E-state index in [1.807, 2.05) is 53.9 Å². The van der Waals surface area contributed by atoms with Crippen LogP contribution in [-0.2, 0) is 11.2 Å². The Morgan fingerprint density at radius 2 is 1.86 bits per heavy atom. The number of nitrogens with one attached hydrogen (secondary N) is 1. The van der Waals surface area contributed by atoms with Crippen molar-refractivity contribution in [2.75, 3.05) is 5.32 Å². The van der Waals surface area contributed by atoms with Crippen molar-refractivity contribution >= 4 is 22.4 Å². The highest BCUT2D eigenvalue weighted by Crippen LogP contribution is 2.23. The van der Waals surface area contributed by atoms with Crippen molar-refractivity contribution in [2.45, 2.75) is 12.8 Å². The minimum Gasteiger partial charge on any atom is -0.302 e. The van der Waals surface area contributed by atoms with E-state index in [4.69, 9.17) is 0 Å². The summed E-state index contributed by atoms with van der Waals surface area (Å²) in [6.07, 6.45) is 2.90. The molecule has 0 aliphatic heterocycles. The standard InChI is InChI=1S/C17H15N3OS/c21-16(10-9-13-6-2-1-3-7-13)20-17-19-15(12-22-17)14-8-4-5-11-18-14/h1-8,11-12H,9-10H2,(H,19,20,21). The number of aromatic nitrogens is 2. The number of pyridine rings is 1. The molecule has 1 N–H and O–H groups in total. The number of anilines is 1. The van der Waals surface area contributed by atoms with Crippen molar-refractivity contribution in [3.63, 3.8) is 0 Å². The molecule has 0 unspecified atom stereocenters. The second-order valence-electron chi connectivity index (χ2n) is 4.79. The fourth-order valence-corrected chi connectivity index (χ4v) is 2.77. The first-order chi connectivity index (χ1) is 10.8. The first-order valence-electron chi connectivity index (χ1n) is 7.02. The van der Waals surface area contributed by atoms with E-state index >= 15 is 0 Å². The summed E-state index contributed by atoms with van der Waals surface area (Å²) in [6.45, 7) is 0. The van der Waals surface area contributed by atoms with Gasteiger partial charge >= 0.3 is 0 Å². The fraction of sp³-hybridized carbons (Fsp3) is 0.118. The second-order valence-corrected chi connectivity index (χ2v) is 5.64. The van der Waals surface area contributed by atoms with Crippen molar-refractivity contribution in [3.8, 4) is 11.4 Å². The molecule has 0 radical (unpaired) electrons. The molecule has 2 heterocycles. The molecule has 0 aliphatic rings. The SMILES string of the molecule is O=C(CCc1ccccc1)Nc1nc(-c2ccccn2)cs1. The van der Waals surface area contributed by atoms with E-state index in [-0.39, 0.29) is 5.91 Å². The molecule has 0 bridgehead atoms. The average molecular weight is 309 g/mol. The van der Waals surface area contributed by atoms with E-state index in [1.165, 1.54) is 11.3 Å². The number of hydrogen-bond acceptors (Lipinski definition) is 4. The van der Waals surface area contributed by atoms with E-state index in [2.05, 4.69) is 15.3 Å². The molecule has 0 saturated carbocycles. The van der Waals surface area contributed by atoms with Crippen LogP contribution >= 0.6 is 11.3 Å². The minimum absolute atomic E-state index is 0.0224. The highest BCUT2D eigenvalue weighted by Gasteiger charge is 2.08. The van der Waals surface area contributed by atoms with Crippen molar-refractivity contribution < 1.29 is 4.79 Å². The molecule has 1 aromatic carbocycles. The summed E-state index contributed by atoms with van der Waals surface area (Å²) in [6, 6.07) is 15.7. The summed E-state index contributed by atoms with van der Waals surface area (Å²) in [5.74, 6) is -0.0224. The molecule has 0 atom stereocenters. The molecule has 5 heteroatoms. The number of benzene rings is 1. The molecule has 1 amide bonds. The molecule has 0 saturated heterocycles. The van der Waals surface area contributed by atoms with Gasteiger partial charge in [0.2, 0.25) is 5.91 Å². The maximum Gasteiger partial charge on any atom is 0.226 e. The van der Waals surface area contributed by atoms with Crippen LogP contribution < -0.4 is 5.32 Å². The molecule has 2 aromatic heterocycles. The van der Waals surface area contributed by atoms with Crippen LogP contribution in [0.1, 0.15) is 12.0 Å². The largest absolute Gasteiger partial charge is 0.302 e. The predicted molar refractivity (Wildman–Crippen MR) is 88.7 cm³/mol. The summed E-state index contributed by atoms with van der Waals surface area (Å²) in [5.41, 5.74) is 2.75. The lowest BCUT2D eigenvalue weighted by atomic mass is 10.1. The zero-order valence-corrected chi connectivity index (χ0v) is 12.7. The molecule has 0 spiro atoms. The third kappa shape index (κ3) is 3.77. The fourth-order valence-electron chi connectivity index (χ4n) is 2.05. The number of carbonyl (C=O) groups is 1. The normalized spacial score (nSPS) is 10.4. The van der Waals surface area contributed by atoms with Gasteiger partial charge in [-0.3, -0.25) is 9.78 Å². The molecule has 22 heavy (non-hydrogen) atoms. The van der Waals surface area contributed by atoms with Crippen LogP contribution in [0.5, 0.6) is 0 Å². The van der Waals surface area contributed by atoms with Crippen LogP contribution in [-0.4, -0.2) is 15.9 Å². The zero-order valence-electron chi connectivity index (χ0n) is 11.9. The lowest BCUT2D eigenvalue weighted by Gasteiger charge is -2.02. The van der Waals surface area contributed by atoms with Crippen LogP contribution in [0.3, 0.4) is 0 Å². The molecule has 110 valence electrons. The van der Waals surface area contributed by atoms with Gasteiger partial charge in [-0.05, 0) is 24.1 Å². The Labute approximate surface area is 132 Å². The van der Waals surface area contributed by atoms with Gasteiger partial charge in [0.25, 0.3) is 0 Å². The number of hydrogen-bond donors (Lipinski definition) is 1. The van der Waals surface area contributed by atoms with Crippen molar-refractivity contribution in [2.24, 2.45) is 0 Å². The Balaban J connectivity index is 1.57. The van der Waals surface area contributed by atoms with E-state index < -0.39 is 0 Å². The highest BCUT2D eigenvalue weighted by molar-refractivity contribution is 7.14. The third-order valence-electron chi connectivity index (χ3n) is 3.16. The summed E-state index contributed by atoms with van der Waals surface area (Å²) in [7, 11) is 0. The summed E-state index contributed by atoms with van der Waals surface area (Å²) in [5, 5.41) is 5.35. The first kappa shape index (κ1) is 14.4. The van der Waals surface area contributed by atoms with Gasteiger partial charge < -0.3 is 5.32 Å². The van der Waals surface area contributed by atoms with Gasteiger partial charge in [0.15, 0.2) is 5.13 Å². The van der Waals surface area contributed by atoms with E-state index in [9.17, 15) is 4.79 Å². The monoisotopic (exact) mass is 309 g/mol. The molecular formula is C17H15N3OS. The minimum atomic E-state index is -0.0224. The zero-order chi connectivity index (χ0) is 15.2. The van der Waals surface area contributed by atoms with Gasteiger partial charge in [0.1, 0.15) is 5.69 Å². The first-order valence-corrected chi connectivity index (χ1v) is 7.90. The van der Waals surface area contributed by atoms with Gasteiger partial charge in [-0.15, -0.1) is 11.3 Å². The van der Waals surface area contributed by atoms with Crippen LogP contribution in [0.4, 0.5) is 5.13 Å². The maximum atomic E-state index is 12.0. The Morgan fingerprint density at radius 1 is 1.05 bits per heavy atom. The molecule has 4 nitrogen and oxygen atoms in total. The van der Waals surface area contributed by atoms with Gasteiger partial charge in [-0.2, -0.15) is 0 Å². The Kier molecular flexibility index (Phi) is 4.56. The Morgan fingerprint density at radius 3 is 2.64 bits per heavy atom. The summed E-state index contributed by atoms with van der Waals surface area (Å²) >= 11 is 1.41. The van der Waals surface area contributed by atoms with Crippen molar-refractivity contribution in [1.82, 2.24) is 9.97 Å². The Hall–Kier alpha value is -2.53. The Bertz CT molecular complexity index is 741. The maximum absolute atomic E-state index is 12.0. The van der Waals surface area contributed by atoms with Gasteiger partial charge in [0.05, 0.1) is 5.69 Å². The van der Waals surface area contributed by atoms with Crippen LogP contribution in [0.25, 0.3) is 11.4 Å². The summed E-state index contributed by atoms with van der Waals surface area (Å²) < 4.78 is 0. The van der Waals surface area contributed by atoms with Gasteiger partial charge in [-0.25, -0.2) is 4.98 Å². The molecule has 3 rings (SSSR count). The number of nitrogens with zero attached hydrogens (tertiary/aromatic N) is 2. The molecule has 0 aliphatic carbocycles. The van der Waals surface area contributed by atoms with Crippen LogP contribution in [0, 0.1) is 0 Å². The lowest BCUT2D eigenvalue weighted by Crippen LogP contribution is -2.12. The van der Waals surface area contributed by atoms with Gasteiger partial charge in [0, 0.05) is 18.0 Å². The van der Waals surface area contributed by atoms with Crippen LogP contribution in [0.15, 0.2) is 60.1 Å². The second kappa shape index (κ2) is 6.95. The number of aryl methyl sites for hydroxylation is 1. The molecule has 0 fully saturated rings. The highest BCUT2D eigenvalue weighted by atomic mass is 32.1. The van der Waals surface area contributed by atoms with Crippen molar-refractivity contribution in [3.05, 3.63) is 65.7 Å². The van der Waals surface area contributed by atoms with Gasteiger partial charge in [-0.1, -0.05) is 36.4 Å². The predicted octanol–water partition coefficient (Wildman–Crippen LogP) is 3.78. The van der Waals surface area contributed by atoms with Crippen LogP contribution in [0.2, 0.25) is 0 Å². The number of amides is 1.